The smallest absolute Gasteiger partial charge is 0.450 e. The van der Waals surface area contributed by atoms with E-state index >= 15 is 0 Å². The molecule has 5 nitrogen and oxygen atoms in total. The summed E-state index contributed by atoms with van der Waals surface area (Å²) >= 11 is 0. The number of carbonyl (C=O) groups is 1. The molecular weight excluding hydrogens is 560 g/mol. The first-order valence-electron chi connectivity index (χ1n) is 15.5. The number of para-hydroxylation sites is 1. The molecule has 3 heterocycles. The van der Waals surface area contributed by atoms with Gasteiger partial charge in [0.2, 0.25) is 0 Å². The van der Waals surface area contributed by atoms with Gasteiger partial charge in [0.25, 0.3) is 0 Å². The van der Waals surface area contributed by atoms with Crippen LogP contribution in [0.1, 0.15) is 44.9 Å². The van der Waals surface area contributed by atoms with Crippen LogP contribution in [0.2, 0.25) is 0 Å². The Morgan fingerprint density at radius 2 is 1.24 bits per heavy atom. The van der Waals surface area contributed by atoms with Crippen molar-refractivity contribution in [2.75, 3.05) is 0 Å². The monoisotopic (exact) mass is 592 g/mol. The molecule has 0 radical (unpaired) electrons. The summed E-state index contributed by atoms with van der Waals surface area (Å²) in [6.07, 6.45) is 1.46. The summed E-state index contributed by atoms with van der Waals surface area (Å²) < 4.78 is 26.3. The Kier molecular flexibility index (Phi) is 6.14. The molecule has 0 unspecified atom stereocenters. The zero-order chi connectivity index (χ0) is 30.9. The summed E-state index contributed by atoms with van der Waals surface area (Å²) in [5, 5.41) is 5.17. The fourth-order valence-electron chi connectivity index (χ4n) is 7.12. The highest BCUT2D eigenvalue weighted by atomic mass is 16.9. The molecule has 8 rings (SSSR count). The second kappa shape index (κ2) is 10.1. The number of ether oxygens (including phenoxy) is 3. The molecule has 5 heteroatoms. The van der Waals surface area contributed by atoms with Gasteiger partial charge < -0.3 is 18.6 Å². The molecule has 0 atom stereocenters. The number of aryl methyl sites for hydroxylation is 1. The van der Waals surface area contributed by atoms with Crippen molar-refractivity contribution in [3.63, 3.8) is 0 Å². The number of allylic oxidation sites excluding steroid dienone is 2. The van der Waals surface area contributed by atoms with E-state index < -0.39 is 11.9 Å². The Hall–Kier alpha value is -5.29. The molecule has 1 spiro atoms. The lowest BCUT2D eigenvalue weighted by atomic mass is 9.88. The van der Waals surface area contributed by atoms with E-state index in [9.17, 15) is 4.79 Å². The normalized spacial score (nSPS) is 16.3. The molecule has 5 aromatic carbocycles. The van der Waals surface area contributed by atoms with Crippen molar-refractivity contribution in [1.82, 2.24) is 0 Å². The first-order chi connectivity index (χ1) is 21.9. The number of hydrogen-bond acceptors (Lipinski definition) is 5. The Morgan fingerprint density at radius 1 is 0.689 bits per heavy atom. The number of furan rings is 1. The molecule has 45 heavy (non-hydrogen) atoms. The summed E-state index contributed by atoms with van der Waals surface area (Å²) in [5.74, 6) is -0.392. The van der Waals surface area contributed by atoms with Gasteiger partial charge in [0.15, 0.2) is 0 Å². The Bertz CT molecular complexity index is 2170. The summed E-state index contributed by atoms with van der Waals surface area (Å²) in [4.78, 5) is 14.3. The number of hydrogen-bond donors (Lipinski definition) is 0. The summed E-state index contributed by atoms with van der Waals surface area (Å²) in [5.41, 5.74) is 6.30. The third-order valence-corrected chi connectivity index (χ3v) is 8.88. The van der Waals surface area contributed by atoms with Crippen molar-refractivity contribution in [3.05, 3.63) is 125 Å². The van der Waals surface area contributed by atoms with E-state index in [1.807, 2.05) is 93.6 Å². The van der Waals surface area contributed by atoms with Crippen LogP contribution in [0.3, 0.4) is 0 Å². The van der Waals surface area contributed by atoms with Crippen LogP contribution in [-0.2, 0) is 9.53 Å². The molecule has 1 fully saturated rings. The maximum Gasteiger partial charge on any atom is 0.450 e. The Labute approximate surface area is 261 Å². The maximum atomic E-state index is 14.3. The van der Waals surface area contributed by atoms with Crippen molar-refractivity contribution >= 4 is 44.1 Å². The number of fused-ring (bicyclic) bond motifs is 8. The van der Waals surface area contributed by atoms with Crippen molar-refractivity contribution in [2.24, 2.45) is 0 Å². The van der Waals surface area contributed by atoms with Crippen molar-refractivity contribution < 1.29 is 23.4 Å². The fraction of sp³-hybridized carbons (Fsp3) is 0.175. The van der Waals surface area contributed by atoms with Crippen LogP contribution in [0.25, 0.3) is 49.2 Å². The average Bonchev–Trinajstić information content (AvgIpc) is 3.46. The molecule has 0 N–H and O–H groups in total. The zero-order valence-corrected chi connectivity index (χ0v) is 25.7. The van der Waals surface area contributed by atoms with Gasteiger partial charge in [-0.15, -0.1) is 0 Å². The van der Waals surface area contributed by atoms with Gasteiger partial charge in [0, 0.05) is 22.1 Å². The van der Waals surface area contributed by atoms with Crippen LogP contribution in [0.4, 0.5) is 0 Å². The standard InChI is InChI=1S/C40H32O5/c1-5-12-30(34-24(4)42-31-18-11-10-17-29(31)34)37-38(23(2)3)40(45-39(37)41)43-32-21-19-25-13-6-8-15-27(25)35(32)36-28-16-9-7-14-26(28)20-22-33(36)44-40/h6-11,13-22H,5,12H2,1-4H3/b37-30+. The highest BCUT2D eigenvalue weighted by Gasteiger charge is 2.57. The van der Waals surface area contributed by atoms with E-state index in [2.05, 4.69) is 31.2 Å². The molecule has 2 aliphatic rings. The minimum Gasteiger partial charge on any atom is -0.461 e. The largest absolute Gasteiger partial charge is 0.461 e. The van der Waals surface area contributed by atoms with E-state index in [-0.39, 0.29) is 0 Å². The van der Waals surface area contributed by atoms with Crippen molar-refractivity contribution in [3.8, 4) is 22.6 Å². The first-order valence-corrected chi connectivity index (χ1v) is 15.5. The molecule has 1 aromatic heterocycles. The lowest BCUT2D eigenvalue weighted by Gasteiger charge is -2.29. The van der Waals surface area contributed by atoms with Crippen LogP contribution >= 0.6 is 0 Å². The van der Waals surface area contributed by atoms with E-state index in [4.69, 9.17) is 18.6 Å². The van der Waals surface area contributed by atoms with Gasteiger partial charge in [0.05, 0.1) is 11.1 Å². The first kappa shape index (κ1) is 27.3. The molecule has 1 saturated heterocycles. The third kappa shape index (κ3) is 4.03. The quantitative estimate of drug-likeness (QED) is 0.151. The lowest BCUT2D eigenvalue weighted by Crippen LogP contribution is -2.43. The predicted molar refractivity (Wildman–Crippen MR) is 178 cm³/mol. The van der Waals surface area contributed by atoms with E-state index in [0.29, 0.717) is 29.1 Å². The summed E-state index contributed by atoms with van der Waals surface area (Å²) in [6, 6.07) is 32.4. The number of esters is 1. The number of carbonyl (C=O) groups excluding carboxylic acids is 1. The Morgan fingerprint density at radius 3 is 1.82 bits per heavy atom. The minimum atomic E-state index is -1.83. The third-order valence-electron chi connectivity index (χ3n) is 8.88. The molecule has 2 aliphatic heterocycles. The van der Waals surface area contributed by atoms with Crippen molar-refractivity contribution in [2.45, 2.75) is 46.5 Å². The van der Waals surface area contributed by atoms with Crippen LogP contribution in [-0.4, -0.2) is 11.9 Å². The van der Waals surface area contributed by atoms with E-state index in [1.165, 1.54) is 0 Å². The van der Waals surface area contributed by atoms with Crippen LogP contribution in [0, 0.1) is 6.92 Å². The molecule has 6 aromatic rings. The predicted octanol–water partition coefficient (Wildman–Crippen LogP) is 10.3. The van der Waals surface area contributed by atoms with Gasteiger partial charge in [-0.2, -0.15) is 0 Å². The fourth-order valence-corrected chi connectivity index (χ4v) is 7.12. The highest BCUT2D eigenvalue weighted by Crippen LogP contribution is 2.54. The second-order valence-corrected chi connectivity index (χ2v) is 12.0. The average molecular weight is 593 g/mol. The second-order valence-electron chi connectivity index (χ2n) is 12.0. The van der Waals surface area contributed by atoms with Crippen LogP contribution in [0.15, 0.2) is 118 Å². The van der Waals surface area contributed by atoms with Gasteiger partial charge in [-0.3, -0.25) is 0 Å². The molecule has 0 saturated carbocycles. The van der Waals surface area contributed by atoms with Gasteiger partial charge in [-0.25, -0.2) is 4.79 Å². The van der Waals surface area contributed by atoms with Gasteiger partial charge >= 0.3 is 11.9 Å². The molecule has 222 valence electrons. The van der Waals surface area contributed by atoms with Crippen molar-refractivity contribution in [1.29, 1.82) is 0 Å². The molecule has 0 amide bonds. The molecule has 0 aliphatic carbocycles. The highest BCUT2D eigenvalue weighted by molar-refractivity contribution is 6.11. The summed E-state index contributed by atoms with van der Waals surface area (Å²) in [7, 11) is 0. The summed E-state index contributed by atoms with van der Waals surface area (Å²) in [6.45, 7) is 8.01. The lowest BCUT2D eigenvalue weighted by molar-refractivity contribution is -0.244. The number of benzene rings is 5. The number of rotatable bonds is 3. The van der Waals surface area contributed by atoms with E-state index in [1.54, 1.807) is 0 Å². The van der Waals surface area contributed by atoms with Gasteiger partial charge in [0.1, 0.15) is 22.8 Å². The van der Waals surface area contributed by atoms with Gasteiger partial charge in [-0.1, -0.05) is 97.8 Å². The van der Waals surface area contributed by atoms with Crippen LogP contribution in [0.5, 0.6) is 11.5 Å². The van der Waals surface area contributed by atoms with E-state index in [0.717, 1.165) is 72.5 Å². The Balaban J connectivity index is 1.44. The zero-order valence-electron chi connectivity index (χ0n) is 25.7. The van der Waals surface area contributed by atoms with Crippen LogP contribution < -0.4 is 9.47 Å². The molecular formula is C40H32O5. The SMILES string of the molecule is CCC/C(=C1\C(=O)OC2(Oc3ccc4ccccc4c3-c3c(ccc4ccccc34)O2)C1=C(C)C)c1c(C)oc2ccccc12. The molecule has 0 bridgehead atoms. The van der Waals surface area contributed by atoms with Gasteiger partial charge in [-0.05, 0) is 72.5 Å². The topological polar surface area (TPSA) is 57.9 Å². The maximum absolute atomic E-state index is 14.3. The minimum absolute atomic E-state index is 0.470.